The van der Waals surface area contributed by atoms with Crippen LogP contribution in [0.15, 0.2) is 40.9 Å². The Hall–Kier alpha value is -3.62. The molecule has 1 atom stereocenters. The minimum absolute atomic E-state index is 0.227. The lowest BCUT2D eigenvalue weighted by molar-refractivity contribution is 0.186. The Labute approximate surface area is 179 Å². The fraction of sp³-hybridized carbons (Fsp3) is 0.318. The molecule has 0 saturated carbocycles. The normalized spacial score (nSPS) is 14.0. The molecule has 0 saturated heterocycles. The van der Waals surface area contributed by atoms with Gasteiger partial charge < -0.3 is 24.2 Å². The molecule has 0 radical (unpaired) electrons. The fourth-order valence-electron chi connectivity index (χ4n) is 3.52. The van der Waals surface area contributed by atoms with Gasteiger partial charge in [0, 0.05) is 18.7 Å². The van der Waals surface area contributed by atoms with Crippen molar-refractivity contribution in [3.63, 3.8) is 0 Å². The number of methoxy groups -OCH3 is 2. The molecule has 0 fully saturated rings. The first-order valence-corrected chi connectivity index (χ1v) is 9.87. The van der Waals surface area contributed by atoms with Crippen molar-refractivity contribution in [2.75, 3.05) is 20.8 Å². The highest BCUT2D eigenvalue weighted by atomic mass is 19.1. The van der Waals surface area contributed by atoms with Crippen LogP contribution in [0.3, 0.4) is 0 Å². The second-order valence-corrected chi connectivity index (χ2v) is 7.28. The number of rotatable bonds is 5. The Morgan fingerprint density at radius 1 is 1.16 bits per heavy atom. The van der Waals surface area contributed by atoms with Gasteiger partial charge in [0.2, 0.25) is 11.7 Å². The van der Waals surface area contributed by atoms with E-state index in [-0.39, 0.29) is 17.7 Å². The van der Waals surface area contributed by atoms with E-state index in [2.05, 4.69) is 15.5 Å². The highest BCUT2D eigenvalue weighted by molar-refractivity contribution is 5.75. The molecule has 162 valence electrons. The average Bonchev–Trinajstić information content (AvgIpc) is 3.28. The zero-order chi connectivity index (χ0) is 22.0. The van der Waals surface area contributed by atoms with E-state index in [1.54, 1.807) is 38.2 Å². The van der Waals surface area contributed by atoms with E-state index in [1.165, 1.54) is 12.1 Å². The number of amides is 2. The minimum Gasteiger partial charge on any atom is -0.493 e. The topological polar surface area (TPSA) is 89.7 Å². The second kappa shape index (κ2) is 8.63. The van der Waals surface area contributed by atoms with Crippen molar-refractivity contribution in [2.24, 2.45) is 0 Å². The Balaban J connectivity index is 1.42. The van der Waals surface area contributed by atoms with Crippen molar-refractivity contribution < 1.29 is 23.2 Å². The van der Waals surface area contributed by atoms with Gasteiger partial charge in [-0.1, -0.05) is 5.16 Å². The highest BCUT2D eigenvalue weighted by Gasteiger charge is 2.25. The molecule has 0 aliphatic carbocycles. The fourth-order valence-corrected chi connectivity index (χ4v) is 3.52. The van der Waals surface area contributed by atoms with Gasteiger partial charge in [0.25, 0.3) is 0 Å². The summed E-state index contributed by atoms with van der Waals surface area (Å²) >= 11 is 0. The summed E-state index contributed by atoms with van der Waals surface area (Å²) < 4.78 is 29.1. The maximum absolute atomic E-state index is 13.1. The number of carbonyl (C=O) groups excluding carboxylic acids is 1. The molecule has 1 unspecified atom stereocenters. The molecular weight excluding hydrogens is 403 g/mol. The predicted molar refractivity (Wildman–Crippen MR) is 110 cm³/mol. The van der Waals surface area contributed by atoms with Crippen LogP contribution in [-0.4, -0.2) is 41.8 Å². The van der Waals surface area contributed by atoms with Crippen LogP contribution in [0, 0.1) is 5.82 Å². The summed E-state index contributed by atoms with van der Waals surface area (Å²) in [6, 6.07) is 8.95. The van der Waals surface area contributed by atoms with E-state index < -0.39 is 6.04 Å². The van der Waals surface area contributed by atoms with Crippen LogP contribution in [0.5, 0.6) is 11.5 Å². The van der Waals surface area contributed by atoms with Gasteiger partial charge in [-0.2, -0.15) is 4.98 Å². The maximum Gasteiger partial charge on any atom is 0.318 e. The summed E-state index contributed by atoms with van der Waals surface area (Å²) in [7, 11) is 3.19. The third-order valence-corrected chi connectivity index (χ3v) is 5.26. The zero-order valence-corrected chi connectivity index (χ0v) is 17.5. The third-order valence-electron chi connectivity index (χ3n) is 5.26. The first kappa shape index (κ1) is 20.6. The number of benzene rings is 2. The first-order chi connectivity index (χ1) is 15.0. The lowest BCUT2D eigenvalue weighted by Gasteiger charge is -2.30. The molecule has 3 aromatic rings. The van der Waals surface area contributed by atoms with E-state index in [9.17, 15) is 9.18 Å². The van der Waals surface area contributed by atoms with Gasteiger partial charge in [0.15, 0.2) is 11.5 Å². The predicted octanol–water partition coefficient (Wildman–Crippen LogP) is 3.72. The molecule has 31 heavy (non-hydrogen) atoms. The van der Waals surface area contributed by atoms with Crippen LogP contribution in [0.1, 0.15) is 30.0 Å². The first-order valence-electron chi connectivity index (χ1n) is 9.87. The smallest absolute Gasteiger partial charge is 0.318 e. The molecule has 2 heterocycles. The van der Waals surface area contributed by atoms with Crippen LogP contribution < -0.4 is 14.8 Å². The molecule has 8 nitrogen and oxygen atoms in total. The molecular formula is C22H23FN4O4. The van der Waals surface area contributed by atoms with E-state index in [1.807, 2.05) is 12.1 Å². The minimum atomic E-state index is -0.485. The van der Waals surface area contributed by atoms with Crippen molar-refractivity contribution in [2.45, 2.75) is 25.9 Å². The van der Waals surface area contributed by atoms with Gasteiger partial charge in [-0.15, -0.1) is 0 Å². The number of nitrogens with zero attached hydrogens (tertiary/aromatic N) is 3. The summed E-state index contributed by atoms with van der Waals surface area (Å²) in [5, 5.41) is 6.82. The van der Waals surface area contributed by atoms with Crippen LogP contribution in [0.25, 0.3) is 11.4 Å². The number of aromatic nitrogens is 2. The van der Waals surface area contributed by atoms with Crippen molar-refractivity contribution in [1.82, 2.24) is 20.4 Å². The summed E-state index contributed by atoms with van der Waals surface area (Å²) in [5.74, 6) is 1.59. The largest absolute Gasteiger partial charge is 0.493 e. The lowest BCUT2D eigenvalue weighted by Crippen LogP contribution is -2.43. The molecule has 4 rings (SSSR count). The van der Waals surface area contributed by atoms with Crippen molar-refractivity contribution in [3.05, 3.63) is 59.2 Å². The van der Waals surface area contributed by atoms with E-state index >= 15 is 0 Å². The van der Waals surface area contributed by atoms with Gasteiger partial charge >= 0.3 is 6.03 Å². The van der Waals surface area contributed by atoms with E-state index in [4.69, 9.17) is 14.0 Å². The molecule has 0 bridgehead atoms. The summed E-state index contributed by atoms with van der Waals surface area (Å²) in [5.41, 5.74) is 2.78. The third kappa shape index (κ3) is 4.30. The van der Waals surface area contributed by atoms with Crippen LogP contribution in [-0.2, 0) is 13.0 Å². The Morgan fingerprint density at radius 2 is 1.84 bits per heavy atom. The molecule has 1 aromatic heterocycles. The second-order valence-electron chi connectivity index (χ2n) is 7.28. The van der Waals surface area contributed by atoms with Crippen molar-refractivity contribution in [1.29, 1.82) is 0 Å². The zero-order valence-electron chi connectivity index (χ0n) is 17.5. The maximum atomic E-state index is 13.1. The van der Waals surface area contributed by atoms with Crippen molar-refractivity contribution in [3.8, 4) is 22.9 Å². The number of fused-ring (bicyclic) bond motifs is 1. The molecule has 1 N–H and O–H groups in total. The summed E-state index contributed by atoms with van der Waals surface area (Å²) in [6.07, 6.45) is 0.715. The van der Waals surface area contributed by atoms with Gasteiger partial charge in [0.1, 0.15) is 11.9 Å². The van der Waals surface area contributed by atoms with Gasteiger partial charge in [-0.05, 0) is 60.9 Å². The number of hydrogen-bond acceptors (Lipinski definition) is 6. The van der Waals surface area contributed by atoms with E-state index in [0.717, 1.165) is 11.1 Å². The summed E-state index contributed by atoms with van der Waals surface area (Å²) in [4.78, 5) is 18.9. The molecule has 0 spiro atoms. The van der Waals surface area contributed by atoms with Crippen LogP contribution in [0.4, 0.5) is 9.18 Å². The average molecular weight is 426 g/mol. The summed E-state index contributed by atoms with van der Waals surface area (Å²) in [6.45, 7) is 2.80. The molecule has 1 aliphatic heterocycles. The Kier molecular flexibility index (Phi) is 5.75. The molecule has 2 aromatic carbocycles. The molecule has 9 heteroatoms. The highest BCUT2D eigenvalue weighted by Crippen LogP contribution is 2.33. The lowest BCUT2D eigenvalue weighted by atomic mass is 9.99. The number of ether oxygens (including phenoxy) is 2. The van der Waals surface area contributed by atoms with Crippen LogP contribution in [0.2, 0.25) is 0 Å². The standard InChI is InChI=1S/C22H23FN4O4/c1-13(21-25-20(26-31-21)14-4-6-17(23)7-5-14)24-22(28)27-9-8-15-10-18(29-2)19(30-3)11-16(15)12-27/h4-7,10-11,13H,8-9,12H2,1-3H3,(H,24,28). The number of halogens is 1. The van der Waals surface area contributed by atoms with E-state index in [0.29, 0.717) is 42.4 Å². The molecule has 1 aliphatic rings. The van der Waals surface area contributed by atoms with Crippen LogP contribution >= 0.6 is 0 Å². The number of urea groups is 1. The van der Waals surface area contributed by atoms with Gasteiger partial charge in [-0.3, -0.25) is 0 Å². The van der Waals surface area contributed by atoms with Crippen molar-refractivity contribution >= 4 is 6.03 Å². The monoisotopic (exact) mass is 426 g/mol. The van der Waals surface area contributed by atoms with Gasteiger partial charge in [-0.25, -0.2) is 9.18 Å². The quantitative estimate of drug-likeness (QED) is 0.669. The number of carbonyl (C=O) groups is 1. The SMILES string of the molecule is COc1cc2c(cc1OC)CN(C(=O)NC(C)c1nc(-c3ccc(F)cc3)no1)CC2. The Morgan fingerprint density at radius 3 is 2.52 bits per heavy atom. The van der Waals surface area contributed by atoms with Gasteiger partial charge in [0.05, 0.1) is 14.2 Å². The Bertz CT molecular complexity index is 1080. The molecule has 2 amide bonds. The number of hydrogen-bond donors (Lipinski definition) is 1. The number of nitrogens with one attached hydrogen (secondary N) is 1.